The Labute approximate surface area is 156 Å². The number of carbonyl (C=O) groups excluding carboxylic acids is 1. The van der Waals surface area contributed by atoms with Crippen molar-refractivity contribution in [1.82, 2.24) is 19.7 Å². The average Bonchev–Trinajstić information content (AvgIpc) is 3.12. The summed E-state index contributed by atoms with van der Waals surface area (Å²) in [5, 5.41) is 5.57. The molecule has 6 heteroatoms. The number of imidazole rings is 1. The Morgan fingerprint density at radius 3 is 2.70 bits per heavy atom. The molecule has 3 aromatic heterocycles. The number of aromatic nitrogens is 3. The van der Waals surface area contributed by atoms with Crippen LogP contribution in [0, 0.1) is 0 Å². The number of carbonyl (C=O) groups is 1. The molecule has 0 aliphatic rings. The van der Waals surface area contributed by atoms with E-state index in [1.165, 1.54) is 0 Å². The quantitative estimate of drug-likeness (QED) is 0.575. The van der Waals surface area contributed by atoms with Gasteiger partial charge in [0, 0.05) is 36.4 Å². The van der Waals surface area contributed by atoms with Crippen LogP contribution in [0.15, 0.2) is 73.3 Å². The summed E-state index contributed by atoms with van der Waals surface area (Å²) in [4.78, 5) is 20.4. The Bertz CT molecular complexity index is 1090. The summed E-state index contributed by atoms with van der Waals surface area (Å²) in [5.74, 6) is 0. The predicted octanol–water partition coefficient (Wildman–Crippen LogP) is 4.20. The van der Waals surface area contributed by atoms with E-state index in [0.29, 0.717) is 6.54 Å². The van der Waals surface area contributed by atoms with Gasteiger partial charge in [-0.05, 0) is 54.4 Å². The fraction of sp³-hybridized carbons (Fsp3) is 0.0952. The van der Waals surface area contributed by atoms with Gasteiger partial charge in [0.1, 0.15) is 5.65 Å². The highest BCUT2D eigenvalue weighted by Crippen LogP contribution is 2.26. The zero-order valence-corrected chi connectivity index (χ0v) is 14.9. The van der Waals surface area contributed by atoms with Crippen LogP contribution in [0.2, 0.25) is 0 Å². The van der Waals surface area contributed by atoms with Crippen LogP contribution in [0.25, 0.3) is 28.0 Å². The molecular formula is C21H19N5O. The van der Waals surface area contributed by atoms with Crippen molar-refractivity contribution in [2.75, 3.05) is 11.9 Å². The summed E-state index contributed by atoms with van der Waals surface area (Å²) in [7, 11) is 0. The first-order chi connectivity index (χ1) is 13.2. The van der Waals surface area contributed by atoms with E-state index in [4.69, 9.17) is 0 Å². The molecule has 0 atom stereocenters. The van der Waals surface area contributed by atoms with E-state index in [0.717, 1.165) is 33.7 Å². The van der Waals surface area contributed by atoms with Crippen LogP contribution in [-0.2, 0) is 0 Å². The van der Waals surface area contributed by atoms with E-state index in [9.17, 15) is 4.79 Å². The van der Waals surface area contributed by atoms with Crippen LogP contribution in [0.5, 0.6) is 0 Å². The summed E-state index contributed by atoms with van der Waals surface area (Å²) < 4.78 is 2.04. The summed E-state index contributed by atoms with van der Waals surface area (Å²) in [5.41, 5.74) is 5.74. The molecule has 0 aliphatic heterocycles. The van der Waals surface area contributed by atoms with Gasteiger partial charge in [0.2, 0.25) is 0 Å². The van der Waals surface area contributed by atoms with E-state index in [1.807, 2.05) is 60.1 Å². The molecule has 27 heavy (non-hydrogen) atoms. The molecular weight excluding hydrogens is 338 g/mol. The number of hydrogen-bond acceptors (Lipinski definition) is 3. The Morgan fingerprint density at radius 2 is 1.89 bits per heavy atom. The number of rotatable bonds is 4. The number of hydrogen-bond donors (Lipinski definition) is 2. The molecule has 2 N–H and O–H groups in total. The molecule has 0 spiro atoms. The van der Waals surface area contributed by atoms with Gasteiger partial charge in [0.15, 0.2) is 0 Å². The molecule has 0 aliphatic carbocycles. The maximum absolute atomic E-state index is 11.8. The highest BCUT2D eigenvalue weighted by molar-refractivity contribution is 5.90. The van der Waals surface area contributed by atoms with Crippen molar-refractivity contribution >= 4 is 17.4 Å². The number of amides is 2. The van der Waals surface area contributed by atoms with Crippen LogP contribution in [0.3, 0.4) is 0 Å². The molecule has 0 saturated heterocycles. The standard InChI is InChI=1S/C21H19N5O/c1-2-23-21(27)25-18-5-3-4-17(12-18)19-14-24-20-13-16(8-11-26(19)20)15-6-9-22-10-7-15/h3-14H,2H2,1H3,(H2,23,25,27). The van der Waals surface area contributed by atoms with E-state index in [-0.39, 0.29) is 6.03 Å². The van der Waals surface area contributed by atoms with Crippen molar-refractivity contribution in [2.24, 2.45) is 0 Å². The number of nitrogens with one attached hydrogen (secondary N) is 2. The third-order valence-corrected chi connectivity index (χ3v) is 4.28. The summed E-state index contributed by atoms with van der Waals surface area (Å²) >= 11 is 0. The third-order valence-electron chi connectivity index (χ3n) is 4.28. The van der Waals surface area contributed by atoms with Crippen molar-refractivity contribution in [3.63, 3.8) is 0 Å². The maximum atomic E-state index is 11.8. The molecule has 6 nitrogen and oxygen atoms in total. The van der Waals surface area contributed by atoms with Crippen molar-refractivity contribution in [1.29, 1.82) is 0 Å². The van der Waals surface area contributed by atoms with E-state index >= 15 is 0 Å². The topological polar surface area (TPSA) is 71.3 Å². The lowest BCUT2D eigenvalue weighted by Crippen LogP contribution is -2.28. The fourth-order valence-corrected chi connectivity index (χ4v) is 3.01. The first kappa shape index (κ1) is 16.8. The van der Waals surface area contributed by atoms with Gasteiger partial charge in [-0.3, -0.25) is 9.38 Å². The number of pyridine rings is 2. The summed E-state index contributed by atoms with van der Waals surface area (Å²) in [6, 6.07) is 15.6. The molecule has 0 bridgehead atoms. The lowest BCUT2D eigenvalue weighted by Gasteiger charge is -2.08. The largest absolute Gasteiger partial charge is 0.338 e. The van der Waals surface area contributed by atoms with E-state index in [2.05, 4.69) is 32.7 Å². The van der Waals surface area contributed by atoms with Gasteiger partial charge in [-0.15, -0.1) is 0 Å². The molecule has 4 rings (SSSR count). The second-order valence-corrected chi connectivity index (χ2v) is 6.09. The minimum absolute atomic E-state index is 0.213. The second kappa shape index (κ2) is 7.29. The van der Waals surface area contributed by atoms with Crippen LogP contribution in [-0.4, -0.2) is 26.9 Å². The molecule has 4 aromatic rings. The number of nitrogens with zero attached hydrogens (tertiary/aromatic N) is 3. The molecule has 1 aromatic carbocycles. The van der Waals surface area contributed by atoms with Gasteiger partial charge in [0.25, 0.3) is 0 Å². The maximum Gasteiger partial charge on any atom is 0.319 e. The van der Waals surface area contributed by atoms with Crippen molar-refractivity contribution in [2.45, 2.75) is 6.92 Å². The van der Waals surface area contributed by atoms with Gasteiger partial charge in [-0.25, -0.2) is 9.78 Å². The summed E-state index contributed by atoms with van der Waals surface area (Å²) in [6.07, 6.45) is 7.42. The fourth-order valence-electron chi connectivity index (χ4n) is 3.01. The Balaban J connectivity index is 1.67. The lowest BCUT2D eigenvalue weighted by atomic mass is 10.1. The minimum Gasteiger partial charge on any atom is -0.338 e. The molecule has 0 radical (unpaired) electrons. The van der Waals surface area contributed by atoms with E-state index < -0.39 is 0 Å². The molecule has 2 amide bonds. The molecule has 0 saturated carbocycles. The van der Waals surface area contributed by atoms with Crippen LogP contribution in [0.1, 0.15) is 6.92 Å². The second-order valence-electron chi connectivity index (χ2n) is 6.09. The SMILES string of the molecule is CCNC(=O)Nc1cccc(-c2cnc3cc(-c4ccncc4)ccn23)c1. The van der Waals surface area contributed by atoms with Crippen LogP contribution >= 0.6 is 0 Å². The highest BCUT2D eigenvalue weighted by Gasteiger charge is 2.09. The highest BCUT2D eigenvalue weighted by atomic mass is 16.2. The first-order valence-corrected chi connectivity index (χ1v) is 8.77. The van der Waals surface area contributed by atoms with E-state index in [1.54, 1.807) is 12.4 Å². The Hall–Kier alpha value is -3.67. The predicted molar refractivity (Wildman–Crippen MR) is 107 cm³/mol. The molecule has 0 unspecified atom stereocenters. The zero-order valence-electron chi connectivity index (χ0n) is 14.9. The van der Waals surface area contributed by atoms with Crippen molar-refractivity contribution in [3.8, 4) is 22.4 Å². The summed E-state index contributed by atoms with van der Waals surface area (Å²) in [6.45, 7) is 2.47. The number of anilines is 1. The minimum atomic E-state index is -0.213. The van der Waals surface area contributed by atoms with Gasteiger partial charge in [0.05, 0.1) is 11.9 Å². The zero-order chi connectivity index (χ0) is 18.6. The Morgan fingerprint density at radius 1 is 1.04 bits per heavy atom. The Kier molecular flexibility index (Phi) is 4.53. The van der Waals surface area contributed by atoms with Gasteiger partial charge in [-0.2, -0.15) is 0 Å². The number of fused-ring (bicyclic) bond motifs is 1. The normalized spacial score (nSPS) is 10.7. The van der Waals surface area contributed by atoms with Crippen molar-refractivity contribution in [3.05, 3.63) is 73.3 Å². The van der Waals surface area contributed by atoms with Crippen LogP contribution in [0.4, 0.5) is 10.5 Å². The number of urea groups is 1. The smallest absolute Gasteiger partial charge is 0.319 e. The van der Waals surface area contributed by atoms with Crippen LogP contribution < -0.4 is 10.6 Å². The lowest BCUT2D eigenvalue weighted by molar-refractivity contribution is 0.252. The number of benzene rings is 1. The van der Waals surface area contributed by atoms with Gasteiger partial charge < -0.3 is 10.6 Å². The molecule has 0 fully saturated rings. The third kappa shape index (κ3) is 3.50. The van der Waals surface area contributed by atoms with Crippen molar-refractivity contribution < 1.29 is 4.79 Å². The average molecular weight is 357 g/mol. The monoisotopic (exact) mass is 357 g/mol. The molecule has 3 heterocycles. The molecule has 134 valence electrons. The first-order valence-electron chi connectivity index (χ1n) is 8.77. The van der Waals surface area contributed by atoms with Gasteiger partial charge >= 0.3 is 6.03 Å². The van der Waals surface area contributed by atoms with Gasteiger partial charge in [-0.1, -0.05) is 12.1 Å².